The molecule has 1 amide bonds. The van der Waals surface area contributed by atoms with Crippen LogP contribution in [0.5, 0.6) is 5.75 Å². The topological polar surface area (TPSA) is 88.1 Å². The molecule has 0 atom stereocenters. The van der Waals surface area contributed by atoms with Crippen molar-refractivity contribution in [1.29, 1.82) is 5.26 Å². The van der Waals surface area contributed by atoms with E-state index in [0.717, 1.165) is 0 Å². The Kier molecular flexibility index (Phi) is 4.16. The fraction of sp³-hybridized carbons (Fsp3) is 0.273. The largest absolute Gasteiger partial charge is 0.492 e. The smallest absolute Gasteiger partial charge is 0.216 e. The molecule has 0 bridgehead atoms. The molecular formula is C11H13N3O2. The van der Waals surface area contributed by atoms with Crippen LogP contribution in [0.3, 0.4) is 0 Å². The molecule has 0 aliphatic carbocycles. The van der Waals surface area contributed by atoms with Crippen LogP contribution in [-0.2, 0) is 4.79 Å². The highest BCUT2D eigenvalue weighted by Crippen LogP contribution is 2.18. The minimum absolute atomic E-state index is 0.0985. The van der Waals surface area contributed by atoms with Crippen LogP contribution in [0.4, 0.5) is 5.69 Å². The Hall–Kier alpha value is -2.22. The van der Waals surface area contributed by atoms with Crippen LogP contribution in [0.1, 0.15) is 12.5 Å². The quantitative estimate of drug-likeness (QED) is 0.575. The molecule has 0 aliphatic rings. The molecule has 3 N–H and O–H groups in total. The lowest BCUT2D eigenvalue weighted by atomic mass is 10.2. The van der Waals surface area contributed by atoms with Crippen molar-refractivity contribution in [3.8, 4) is 11.8 Å². The van der Waals surface area contributed by atoms with Gasteiger partial charge in [0.05, 0.1) is 12.1 Å². The molecular weight excluding hydrogens is 206 g/mol. The van der Waals surface area contributed by atoms with Gasteiger partial charge in [-0.25, -0.2) is 0 Å². The van der Waals surface area contributed by atoms with Gasteiger partial charge in [-0.2, -0.15) is 5.26 Å². The minimum Gasteiger partial charge on any atom is -0.492 e. The third-order valence-corrected chi connectivity index (χ3v) is 1.89. The van der Waals surface area contributed by atoms with E-state index >= 15 is 0 Å². The van der Waals surface area contributed by atoms with Gasteiger partial charge in [0, 0.05) is 12.6 Å². The first-order valence-electron chi connectivity index (χ1n) is 4.80. The van der Waals surface area contributed by atoms with E-state index in [9.17, 15) is 4.79 Å². The highest BCUT2D eigenvalue weighted by molar-refractivity contribution is 5.72. The summed E-state index contributed by atoms with van der Waals surface area (Å²) in [7, 11) is 0. The van der Waals surface area contributed by atoms with Crippen molar-refractivity contribution in [2.45, 2.75) is 6.92 Å². The van der Waals surface area contributed by atoms with E-state index in [4.69, 9.17) is 15.7 Å². The van der Waals surface area contributed by atoms with Crippen LogP contribution in [0, 0.1) is 11.3 Å². The van der Waals surface area contributed by atoms with E-state index in [2.05, 4.69) is 5.32 Å². The SMILES string of the molecule is CC(=O)NCCOc1ccc(N)c(C#N)c1. The number of nitriles is 1. The lowest BCUT2D eigenvalue weighted by Crippen LogP contribution is -2.25. The van der Waals surface area contributed by atoms with Gasteiger partial charge in [0.1, 0.15) is 18.4 Å². The van der Waals surface area contributed by atoms with Crippen molar-refractivity contribution in [3.63, 3.8) is 0 Å². The van der Waals surface area contributed by atoms with Crippen molar-refractivity contribution in [2.75, 3.05) is 18.9 Å². The molecule has 0 saturated heterocycles. The number of rotatable bonds is 4. The molecule has 16 heavy (non-hydrogen) atoms. The van der Waals surface area contributed by atoms with Gasteiger partial charge in [-0.3, -0.25) is 4.79 Å². The number of nitrogens with two attached hydrogens (primary N) is 1. The zero-order chi connectivity index (χ0) is 12.0. The first kappa shape index (κ1) is 11.9. The summed E-state index contributed by atoms with van der Waals surface area (Å²) < 4.78 is 5.33. The molecule has 1 aromatic rings. The number of amides is 1. The third kappa shape index (κ3) is 3.50. The van der Waals surface area contributed by atoms with E-state index in [1.807, 2.05) is 6.07 Å². The molecule has 0 heterocycles. The van der Waals surface area contributed by atoms with Gasteiger partial charge in [-0.15, -0.1) is 0 Å². The molecule has 0 unspecified atom stereocenters. The molecule has 0 radical (unpaired) electrons. The highest BCUT2D eigenvalue weighted by Gasteiger charge is 2.00. The summed E-state index contributed by atoms with van der Waals surface area (Å²) in [4.78, 5) is 10.6. The van der Waals surface area contributed by atoms with Gasteiger partial charge in [-0.1, -0.05) is 0 Å². The van der Waals surface area contributed by atoms with Crippen molar-refractivity contribution in [2.24, 2.45) is 0 Å². The van der Waals surface area contributed by atoms with Gasteiger partial charge in [0.15, 0.2) is 0 Å². The highest BCUT2D eigenvalue weighted by atomic mass is 16.5. The number of carbonyl (C=O) groups excluding carboxylic acids is 1. The van der Waals surface area contributed by atoms with Crippen LogP contribution < -0.4 is 15.8 Å². The first-order chi connectivity index (χ1) is 7.63. The minimum atomic E-state index is -0.0985. The summed E-state index contributed by atoms with van der Waals surface area (Å²) >= 11 is 0. The number of nitrogens with one attached hydrogen (secondary N) is 1. The fourth-order valence-electron chi connectivity index (χ4n) is 1.12. The van der Waals surface area contributed by atoms with Crippen LogP contribution in [0.15, 0.2) is 18.2 Å². The lowest BCUT2D eigenvalue weighted by molar-refractivity contribution is -0.119. The maximum Gasteiger partial charge on any atom is 0.216 e. The summed E-state index contributed by atoms with van der Waals surface area (Å²) in [5, 5.41) is 11.3. The first-order valence-corrected chi connectivity index (χ1v) is 4.80. The lowest BCUT2D eigenvalue weighted by Gasteiger charge is -2.07. The van der Waals surface area contributed by atoms with E-state index in [1.165, 1.54) is 6.92 Å². The average molecular weight is 219 g/mol. The van der Waals surface area contributed by atoms with Crippen molar-refractivity contribution < 1.29 is 9.53 Å². The van der Waals surface area contributed by atoms with Crippen LogP contribution in [0.25, 0.3) is 0 Å². The van der Waals surface area contributed by atoms with Gasteiger partial charge in [0.2, 0.25) is 5.91 Å². The number of anilines is 1. The Labute approximate surface area is 93.8 Å². The summed E-state index contributed by atoms with van der Waals surface area (Å²) in [6, 6.07) is 6.84. The molecule has 5 nitrogen and oxygen atoms in total. The van der Waals surface area contributed by atoms with Crippen molar-refractivity contribution >= 4 is 11.6 Å². The van der Waals surface area contributed by atoms with Crippen LogP contribution in [0.2, 0.25) is 0 Å². The maximum absolute atomic E-state index is 10.6. The normalized spacial score (nSPS) is 9.25. The zero-order valence-electron chi connectivity index (χ0n) is 8.99. The Balaban J connectivity index is 2.49. The second-order valence-corrected chi connectivity index (χ2v) is 3.19. The second-order valence-electron chi connectivity index (χ2n) is 3.19. The molecule has 0 saturated carbocycles. The zero-order valence-corrected chi connectivity index (χ0v) is 8.99. The molecule has 1 aromatic carbocycles. The monoisotopic (exact) mass is 219 g/mol. The number of nitrogens with zero attached hydrogens (tertiary/aromatic N) is 1. The summed E-state index contributed by atoms with van der Waals surface area (Å²) in [5.74, 6) is 0.467. The second kappa shape index (κ2) is 5.61. The Morgan fingerprint density at radius 3 is 3.00 bits per heavy atom. The molecule has 1 rings (SSSR count). The predicted molar refractivity (Wildman–Crippen MR) is 59.7 cm³/mol. The van der Waals surface area contributed by atoms with Gasteiger partial charge in [0.25, 0.3) is 0 Å². The summed E-state index contributed by atoms with van der Waals surface area (Å²) in [6.07, 6.45) is 0. The average Bonchev–Trinajstić information content (AvgIpc) is 2.26. The number of hydrogen-bond acceptors (Lipinski definition) is 4. The number of ether oxygens (including phenoxy) is 1. The van der Waals surface area contributed by atoms with Crippen molar-refractivity contribution in [3.05, 3.63) is 23.8 Å². The third-order valence-electron chi connectivity index (χ3n) is 1.89. The number of nitrogen functional groups attached to an aromatic ring is 1. The van der Waals surface area contributed by atoms with Gasteiger partial charge in [-0.05, 0) is 18.2 Å². The number of benzene rings is 1. The standard InChI is InChI=1S/C11H13N3O2/c1-8(15)14-4-5-16-10-2-3-11(13)9(6-10)7-12/h2-3,6H,4-5,13H2,1H3,(H,14,15). The number of hydrogen-bond donors (Lipinski definition) is 2. The Bertz CT molecular complexity index is 424. The van der Waals surface area contributed by atoms with E-state index in [0.29, 0.717) is 30.2 Å². The van der Waals surface area contributed by atoms with Crippen LogP contribution in [-0.4, -0.2) is 19.1 Å². The molecule has 5 heteroatoms. The molecule has 84 valence electrons. The van der Waals surface area contributed by atoms with Crippen LogP contribution >= 0.6 is 0 Å². The summed E-state index contributed by atoms with van der Waals surface area (Å²) in [5.41, 5.74) is 6.37. The maximum atomic E-state index is 10.6. The molecule has 0 aromatic heterocycles. The Morgan fingerprint density at radius 1 is 1.62 bits per heavy atom. The van der Waals surface area contributed by atoms with E-state index < -0.39 is 0 Å². The molecule has 0 spiro atoms. The van der Waals surface area contributed by atoms with Gasteiger partial charge < -0.3 is 15.8 Å². The van der Waals surface area contributed by atoms with E-state index in [-0.39, 0.29) is 5.91 Å². The summed E-state index contributed by atoms with van der Waals surface area (Å²) in [6.45, 7) is 2.23. The predicted octanol–water partition coefficient (Wildman–Crippen LogP) is 0.655. The fourth-order valence-corrected chi connectivity index (χ4v) is 1.12. The van der Waals surface area contributed by atoms with Crippen molar-refractivity contribution in [1.82, 2.24) is 5.32 Å². The molecule has 0 fully saturated rings. The van der Waals surface area contributed by atoms with Gasteiger partial charge >= 0.3 is 0 Å². The number of carbonyl (C=O) groups is 1. The molecule has 0 aliphatic heterocycles. The van der Waals surface area contributed by atoms with E-state index in [1.54, 1.807) is 18.2 Å². The Morgan fingerprint density at radius 2 is 2.38 bits per heavy atom.